The number of halogens is 2. The Hall–Kier alpha value is -3.61. The number of nitrogens with one attached hydrogen (secondary N) is 2. The normalized spacial score (nSPS) is 12.1. The van der Waals surface area contributed by atoms with E-state index in [4.69, 9.17) is 9.15 Å². The Morgan fingerprint density at radius 3 is 2.77 bits per heavy atom. The maximum atomic E-state index is 14.7. The average molecular weight is 410 g/mol. The molecule has 1 amide bonds. The summed E-state index contributed by atoms with van der Waals surface area (Å²) >= 11 is 0. The zero-order chi connectivity index (χ0) is 21.1. The van der Waals surface area contributed by atoms with Gasteiger partial charge in [0.15, 0.2) is 0 Å². The molecule has 4 aromatic rings. The highest BCUT2D eigenvalue weighted by molar-refractivity contribution is 5.91. The van der Waals surface area contributed by atoms with Gasteiger partial charge in [0.25, 0.3) is 0 Å². The van der Waals surface area contributed by atoms with Gasteiger partial charge in [-0.25, -0.2) is 8.78 Å². The highest BCUT2D eigenvalue weighted by Crippen LogP contribution is 2.38. The smallest absolute Gasteiger partial charge is 0.221 e. The summed E-state index contributed by atoms with van der Waals surface area (Å²) < 4.78 is 38.9. The summed E-state index contributed by atoms with van der Waals surface area (Å²) in [4.78, 5) is 15.8. The number of ether oxygens (including phenoxy) is 1. The Morgan fingerprint density at radius 1 is 1.17 bits per heavy atom. The third-order valence-electron chi connectivity index (χ3n) is 5.06. The zero-order valence-electron chi connectivity index (χ0n) is 16.2. The molecular formula is C23H20F2N2O3. The molecule has 0 saturated heterocycles. The third kappa shape index (κ3) is 3.91. The van der Waals surface area contributed by atoms with Crippen molar-refractivity contribution in [1.29, 1.82) is 0 Å². The number of amides is 1. The topological polar surface area (TPSA) is 67.3 Å². The van der Waals surface area contributed by atoms with Crippen molar-refractivity contribution in [3.8, 4) is 5.75 Å². The number of carbonyl (C=O) groups excluding carboxylic acids is 1. The van der Waals surface area contributed by atoms with Crippen molar-refractivity contribution in [1.82, 2.24) is 10.3 Å². The first kappa shape index (κ1) is 19.7. The summed E-state index contributed by atoms with van der Waals surface area (Å²) in [6.45, 7) is 0.224. The molecule has 2 heterocycles. The fourth-order valence-electron chi connectivity index (χ4n) is 3.65. The monoisotopic (exact) mass is 410 g/mol. The number of carbonyl (C=O) groups is 1. The second-order valence-electron chi connectivity index (χ2n) is 6.91. The van der Waals surface area contributed by atoms with Gasteiger partial charge < -0.3 is 19.5 Å². The van der Waals surface area contributed by atoms with E-state index in [1.54, 1.807) is 31.5 Å². The number of H-pyrrole nitrogens is 1. The van der Waals surface area contributed by atoms with Gasteiger partial charge in [-0.2, -0.15) is 0 Å². The molecule has 0 fully saturated rings. The number of aromatic amines is 1. The molecule has 154 valence electrons. The minimum absolute atomic E-state index is 0.0335. The van der Waals surface area contributed by atoms with Crippen LogP contribution < -0.4 is 10.1 Å². The lowest BCUT2D eigenvalue weighted by Crippen LogP contribution is -2.25. The van der Waals surface area contributed by atoms with E-state index in [-0.39, 0.29) is 24.4 Å². The van der Waals surface area contributed by atoms with Gasteiger partial charge in [0.2, 0.25) is 5.91 Å². The minimum Gasteiger partial charge on any atom is -0.496 e. The van der Waals surface area contributed by atoms with Crippen molar-refractivity contribution >= 4 is 16.8 Å². The molecule has 4 rings (SSSR count). The van der Waals surface area contributed by atoms with Crippen LogP contribution in [0.1, 0.15) is 29.2 Å². The molecule has 7 heteroatoms. The standard InChI is InChI=1S/C23H20F2N2O3/c1-29-21-6-2-5-20-23(21)18(13-26-20)17(16-8-7-14(24)10-19(16)25)11-22(28)27-12-15-4-3-9-30-15/h2-10,13,17,26H,11-12H2,1H3,(H,27,28)/t17-/m0/s1. The van der Waals surface area contributed by atoms with Crippen LogP contribution in [-0.2, 0) is 11.3 Å². The van der Waals surface area contributed by atoms with Crippen LogP contribution in [-0.4, -0.2) is 18.0 Å². The summed E-state index contributed by atoms with van der Waals surface area (Å²) in [5.41, 5.74) is 1.73. The number of methoxy groups -OCH3 is 1. The predicted octanol–water partition coefficient (Wildman–Crippen LogP) is 4.89. The lowest BCUT2D eigenvalue weighted by atomic mass is 9.87. The molecule has 0 spiro atoms. The fourth-order valence-corrected chi connectivity index (χ4v) is 3.65. The molecule has 1 atom stereocenters. The van der Waals surface area contributed by atoms with Crippen molar-refractivity contribution < 1.29 is 22.7 Å². The summed E-state index contributed by atoms with van der Waals surface area (Å²) in [7, 11) is 1.55. The molecule has 0 saturated carbocycles. The first-order valence-electron chi connectivity index (χ1n) is 9.45. The quantitative estimate of drug-likeness (QED) is 0.456. The molecule has 2 aromatic heterocycles. The summed E-state index contributed by atoms with van der Waals surface area (Å²) in [6.07, 6.45) is 3.23. The number of rotatable bonds is 7. The van der Waals surface area contributed by atoms with E-state index in [0.29, 0.717) is 17.1 Å². The molecule has 2 N–H and O–H groups in total. The van der Waals surface area contributed by atoms with E-state index < -0.39 is 17.6 Å². The molecule has 2 aromatic carbocycles. The number of hydrogen-bond donors (Lipinski definition) is 2. The van der Waals surface area contributed by atoms with Crippen molar-refractivity contribution in [2.75, 3.05) is 7.11 Å². The molecule has 0 aliphatic heterocycles. The highest BCUT2D eigenvalue weighted by atomic mass is 19.1. The Balaban J connectivity index is 1.72. The van der Waals surface area contributed by atoms with Crippen LogP contribution in [0.2, 0.25) is 0 Å². The molecule has 0 bridgehead atoms. The molecule has 0 radical (unpaired) electrons. The predicted molar refractivity (Wildman–Crippen MR) is 108 cm³/mol. The highest BCUT2D eigenvalue weighted by Gasteiger charge is 2.26. The van der Waals surface area contributed by atoms with E-state index in [0.717, 1.165) is 17.0 Å². The molecule has 5 nitrogen and oxygen atoms in total. The second kappa shape index (κ2) is 8.41. The third-order valence-corrected chi connectivity index (χ3v) is 5.06. The van der Waals surface area contributed by atoms with E-state index >= 15 is 0 Å². The van der Waals surface area contributed by atoms with Crippen molar-refractivity contribution in [2.24, 2.45) is 0 Å². The van der Waals surface area contributed by atoms with Crippen LogP contribution in [0.25, 0.3) is 10.9 Å². The molecule has 0 aliphatic carbocycles. The maximum Gasteiger partial charge on any atom is 0.221 e. The number of benzene rings is 2. The van der Waals surface area contributed by atoms with Crippen molar-refractivity contribution in [2.45, 2.75) is 18.9 Å². The van der Waals surface area contributed by atoms with Gasteiger partial charge in [-0.1, -0.05) is 12.1 Å². The van der Waals surface area contributed by atoms with Gasteiger partial charge in [-0.15, -0.1) is 0 Å². The van der Waals surface area contributed by atoms with Crippen LogP contribution in [0.4, 0.5) is 8.78 Å². The Morgan fingerprint density at radius 2 is 2.03 bits per heavy atom. The first-order chi connectivity index (χ1) is 14.6. The minimum atomic E-state index is -0.705. The van der Waals surface area contributed by atoms with E-state index in [2.05, 4.69) is 10.3 Å². The second-order valence-corrected chi connectivity index (χ2v) is 6.91. The number of furan rings is 1. The van der Waals surface area contributed by atoms with Gasteiger partial charge in [-0.3, -0.25) is 4.79 Å². The van der Waals surface area contributed by atoms with Gasteiger partial charge in [0.05, 0.1) is 19.9 Å². The van der Waals surface area contributed by atoms with Crippen molar-refractivity contribution in [3.63, 3.8) is 0 Å². The maximum absolute atomic E-state index is 14.7. The summed E-state index contributed by atoms with van der Waals surface area (Å²) in [6, 6.07) is 12.4. The van der Waals surface area contributed by atoms with E-state index in [1.807, 2.05) is 12.1 Å². The largest absolute Gasteiger partial charge is 0.496 e. The number of hydrogen-bond acceptors (Lipinski definition) is 3. The van der Waals surface area contributed by atoms with Crippen molar-refractivity contribution in [3.05, 3.63) is 89.5 Å². The van der Waals surface area contributed by atoms with Gasteiger partial charge in [-0.05, 0) is 41.5 Å². The lowest BCUT2D eigenvalue weighted by Gasteiger charge is -2.18. The molecule has 0 unspecified atom stereocenters. The van der Waals surface area contributed by atoms with E-state index in [1.165, 1.54) is 18.4 Å². The van der Waals surface area contributed by atoms with Gasteiger partial charge >= 0.3 is 0 Å². The summed E-state index contributed by atoms with van der Waals surface area (Å²) in [5, 5.41) is 3.54. The van der Waals surface area contributed by atoms with Crippen LogP contribution in [0.3, 0.4) is 0 Å². The zero-order valence-corrected chi connectivity index (χ0v) is 16.2. The number of aromatic nitrogens is 1. The Kier molecular flexibility index (Phi) is 5.52. The fraction of sp³-hybridized carbons (Fsp3) is 0.174. The molecular weight excluding hydrogens is 390 g/mol. The van der Waals surface area contributed by atoms with Crippen LogP contribution in [0, 0.1) is 11.6 Å². The Labute approximate surface area is 171 Å². The molecule has 30 heavy (non-hydrogen) atoms. The van der Waals surface area contributed by atoms with E-state index in [9.17, 15) is 13.6 Å². The van der Waals surface area contributed by atoms with Gasteiger partial charge in [0, 0.05) is 35.5 Å². The molecule has 0 aliphatic rings. The Bertz CT molecular complexity index is 1170. The van der Waals surface area contributed by atoms with Crippen LogP contribution in [0.5, 0.6) is 5.75 Å². The van der Waals surface area contributed by atoms with Crippen LogP contribution in [0.15, 0.2) is 65.4 Å². The SMILES string of the molecule is COc1cccc2[nH]cc([C@@H](CC(=O)NCc3ccco3)c3ccc(F)cc3F)c12. The first-order valence-corrected chi connectivity index (χ1v) is 9.45. The number of fused-ring (bicyclic) bond motifs is 1. The lowest BCUT2D eigenvalue weighted by molar-refractivity contribution is -0.121. The van der Waals surface area contributed by atoms with Gasteiger partial charge in [0.1, 0.15) is 23.1 Å². The van der Waals surface area contributed by atoms with Crippen LogP contribution >= 0.6 is 0 Å². The average Bonchev–Trinajstić information content (AvgIpc) is 3.40. The summed E-state index contributed by atoms with van der Waals surface area (Å²) in [5.74, 6) is -1.10.